The molecule has 0 fully saturated rings. The summed E-state index contributed by atoms with van der Waals surface area (Å²) >= 11 is 6.34. The van der Waals surface area contributed by atoms with E-state index in [4.69, 9.17) is 22.7 Å². The molecule has 0 spiro atoms. The molecule has 0 saturated heterocycles. The van der Waals surface area contributed by atoms with Crippen LogP contribution in [0.15, 0.2) is 12.3 Å². The van der Waals surface area contributed by atoms with Gasteiger partial charge in [-0.25, -0.2) is 4.68 Å². The predicted octanol–water partition coefficient (Wildman–Crippen LogP) is 2.07. The van der Waals surface area contributed by atoms with Crippen molar-refractivity contribution in [2.24, 2.45) is 0 Å². The fraction of sp³-hybridized carbons (Fsp3) is 0.400. The van der Waals surface area contributed by atoms with Gasteiger partial charge in [0.25, 0.3) is 0 Å². The highest BCUT2D eigenvalue weighted by molar-refractivity contribution is 8.23. The highest BCUT2D eigenvalue weighted by Gasteiger charge is 2.23. The van der Waals surface area contributed by atoms with Gasteiger partial charge in [-0.2, -0.15) is 15.6 Å². The molecular weight excluding hydrogens is 240 g/mol. The Morgan fingerprint density at radius 1 is 1.62 bits per heavy atom. The molecule has 0 unspecified atom stereocenters. The van der Waals surface area contributed by atoms with Gasteiger partial charge in [0.05, 0.1) is 29.0 Å². The van der Waals surface area contributed by atoms with Gasteiger partial charge in [0.1, 0.15) is 0 Å². The van der Waals surface area contributed by atoms with E-state index in [2.05, 4.69) is 11.2 Å². The van der Waals surface area contributed by atoms with Gasteiger partial charge in [0.2, 0.25) is 0 Å². The van der Waals surface area contributed by atoms with Gasteiger partial charge in [0, 0.05) is 6.20 Å². The lowest BCUT2D eigenvalue weighted by Gasteiger charge is -2.10. The highest BCUT2D eigenvalue weighted by Crippen LogP contribution is 2.20. The summed E-state index contributed by atoms with van der Waals surface area (Å²) in [5.41, 5.74) is 0.0516. The summed E-state index contributed by atoms with van der Waals surface area (Å²) in [7, 11) is 0. The molecule has 0 atom stereocenters. The van der Waals surface area contributed by atoms with Crippen LogP contribution < -0.4 is 0 Å². The molecule has 1 heterocycles. The second kappa shape index (κ2) is 5.11. The summed E-state index contributed by atoms with van der Waals surface area (Å²) in [5.74, 6) is 0.301. The quantitative estimate of drug-likeness (QED) is 0.752. The van der Waals surface area contributed by atoms with Gasteiger partial charge in [-0.05, 0) is 19.9 Å². The van der Waals surface area contributed by atoms with Crippen LogP contribution in [0, 0.1) is 22.7 Å². The smallest absolute Gasteiger partial charge is 0.162 e. The number of rotatable bonds is 2. The van der Waals surface area contributed by atoms with E-state index in [1.165, 1.54) is 16.4 Å². The summed E-state index contributed by atoms with van der Waals surface area (Å²) in [5, 5.41) is 21.6. The Bertz CT molecular complexity index is 476. The van der Waals surface area contributed by atoms with Crippen LogP contribution in [0.1, 0.15) is 19.5 Å². The molecule has 0 radical (unpaired) electrons. The molecule has 4 nitrogen and oxygen atoms in total. The first-order valence-electron chi connectivity index (χ1n) is 4.53. The first kappa shape index (κ1) is 12.7. The van der Waals surface area contributed by atoms with Crippen molar-refractivity contribution in [2.45, 2.75) is 19.3 Å². The van der Waals surface area contributed by atoms with E-state index < -0.39 is 5.41 Å². The minimum Gasteiger partial charge on any atom is -0.223 e. The molecule has 1 aromatic heterocycles. The third-order valence-corrected chi connectivity index (χ3v) is 3.20. The van der Waals surface area contributed by atoms with Crippen LogP contribution in [0.2, 0.25) is 0 Å². The highest BCUT2D eigenvalue weighted by atomic mass is 32.2. The van der Waals surface area contributed by atoms with Crippen molar-refractivity contribution in [3.8, 4) is 12.1 Å². The Hall–Kier alpha value is -1.37. The maximum Gasteiger partial charge on any atom is 0.162 e. The first-order chi connectivity index (χ1) is 7.51. The molecule has 0 amide bonds. The van der Waals surface area contributed by atoms with Crippen LogP contribution in [0.4, 0.5) is 0 Å². The standard InChI is InChI=1S/C10H10N4S2/c1-10(2,7-12)8-3-5-14(13-8)9(15)16-6-4-11/h3,5H,6H2,1-2H3. The van der Waals surface area contributed by atoms with Gasteiger partial charge in [-0.3, -0.25) is 0 Å². The average Bonchev–Trinajstić information content (AvgIpc) is 2.75. The molecule has 6 heteroatoms. The third-order valence-electron chi connectivity index (χ3n) is 1.96. The molecule has 16 heavy (non-hydrogen) atoms. The van der Waals surface area contributed by atoms with E-state index in [0.717, 1.165) is 0 Å². The summed E-state index contributed by atoms with van der Waals surface area (Å²) < 4.78 is 2.03. The van der Waals surface area contributed by atoms with Crippen molar-refractivity contribution in [2.75, 3.05) is 5.75 Å². The molecule has 0 bridgehead atoms. The number of aromatic nitrogens is 2. The van der Waals surface area contributed by atoms with Crippen LogP contribution in [0.5, 0.6) is 0 Å². The number of nitrogens with zero attached hydrogens (tertiary/aromatic N) is 4. The van der Waals surface area contributed by atoms with E-state index in [1.54, 1.807) is 26.1 Å². The molecule has 0 N–H and O–H groups in total. The van der Waals surface area contributed by atoms with Crippen LogP contribution in [-0.2, 0) is 5.41 Å². The normalized spacial score (nSPS) is 10.5. The molecule has 0 aliphatic carbocycles. The molecule has 82 valence electrons. The Kier molecular flexibility index (Phi) is 4.05. The van der Waals surface area contributed by atoms with Crippen molar-refractivity contribution >= 4 is 28.3 Å². The average molecular weight is 250 g/mol. The second-order valence-electron chi connectivity index (χ2n) is 3.60. The van der Waals surface area contributed by atoms with Gasteiger partial charge in [-0.15, -0.1) is 0 Å². The minimum absolute atomic E-state index is 0.301. The Morgan fingerprint density at radius 3 is 2.88 bits per heavy atom. The molecule has 0 aromatic carbocycles. The number of thioether (sulfide) groups is 1. The first-order valence-corrected chi connectivity index (χ1v) is 5.92. The van der Waals surface area contributed by atoms with E-state index in [0.29, 0.717) is 15.8 Å². The fourth-order valence-corrected chi connectivity index (χ4v) is 1.68. The molecular formula is C10H10N4S2. The van der Waals surface area contributed by atoms with Crippen LogP contribution in [0.25, 0.3) is 0 Å². The molecule has 0 aliphatic heterocycles. The van der Waals surface area contributed by atoms with E-state index in [-0.39, 0.29) is 0 Å². The largest absolute Gasteiger partial charge is 0.223 e. The van der Waals surface area contributed by atoms with Gasteiger partial charge >= 0.3 is 0 Å². The maximum absolute atomic E-state index is 8.96. The zero-order chi connectivity index (χ0) is 12.2. The maximum atomic E-state index is 8.96. The van der Waals surface area contributed by atoms with Gasteiger partial charge < -0.3 is 0 Å². The zero-order valence-corrected chi connectivity index (χ0v) is 10.6. The number of hydrogen-bond donors (Lipinski definition) is 0. The Labute approximate surface area is 104 Å². The van der Waals surface area contributed by atoms with E-state index in [9.17, 15) is 0 Å². The van der Waals surface area contributed by atoms with E-state index >= 15 is 0 Å². The zero-order valence-electron chi connectivity index (χ0n) is 8.97. The Morgan fingerprint density at radius 2 is 2.31 bits per heavy atom. The fourth-order valence-electron chi connectivity index (χ4n) is 0.976. The minimum atomic E-state index is -0.624. The van der Waals surface area contributed by atoms with Crippen molar-refractivity contribution in [3.63, 3.8) is 0 Å². The monoisotopic (exact) mass is 250 g/mol. The summed E-state index contributed by atoms with van der Waals surface area (Å²) in [6.45, 7) is 3.59. The molecule has 0 aliphatic rings. The van der Waals surface area contributed by atoms with Gasteiger partial charge in [-0.1, -0.05) is 24.0 Å². The van der Waals surface area contributed by atoms with Crippen molar-refractivity contribution in [1.82, 2.24) is 9.78 Å². The lowest BCUT2D eigenvalue weighted by Crippen LogP contribution is -2.16. The van der Waals surface area contributed by atoms with Crippen molar-refractivity contribution in [3.05, 3.63) is 18.0 Å². The molecule has 0 saturated carbocycles. The van der Waals surface area contributed by atoms with Crippen LogP contribution >= 0.6 is 24.0 Å². The lowest BCUT2D eigenvalue weighted by atomic mass is 9.92. The third kappa shape index (κ3) is 2.82. The van der Waals surface area contributed by atoms with Gasteiger partial charge in [0.15, 0.2) is 4.32 Å². The number of hydrogen-bond acceptors (Lipinski definition) is 5. The number of nitriles is 2. The van der Waals surface area contributed by atoms with Crippen LogP contribution in [-0.4, -0.2) is 19.9 Å². The predicted molar refractivity (Wildman–Crippen MR) is 66.9 cm³/mol. The van der Waals surface area contributed by atoms with Crippen molar-refractivity contribution in [1.29, 1.82) is 10.5 Å². The summed E-state index contributed by atoms with van der Waals surface area (Å²) in [6, 6.07) is 5.94. The molecule has 1 aromatic rings. The Balaban J connectivity index is 2.85. The second-order valence-corrected chi connectivity index (χ2v) is 5.20. The van der Waals surface area contributed by atoms with E-state index in [1.807, 2.05) is 6.07 Å². The number of thiocarbonyl (C=S) groups is 1. The summed E-state index contributed by atoms with van der Waals surface area (Å²) in [4.78, 5) is 0. The summed E-state index contributed by atoms with van der Waals surface area (Å²) in [6.07, 6.45) is 1.71. The topological polar surface area (TPSA) is 65.4 Å². The van der Waals surface area contributed by atoms with Crippen molar-refractivity contribution < 1.29 is 0 Å². The van der Waals surface area contributed by atoms with Crippen LogP contribution in [0.3, 0.4) is 0 Å². The lowest BCUT2D eigenvalue weighted by molar-refractivity contribution is 0.649. The molecule has 1 rings (SSSR count). The SMILES string of the molecule is CC(C)(C#N)c1ccn(C(=S)SCC#N)n1.